The van der Waals surface area contributed by atoms with Crippen LogP contribution in [0.5, 0.6) is 0 Å². The maximum absolute atomic E-state index is 12.8. The molecule has 0 radical (unpaired) electrons. The molecule has 1 N–H and O–H groups in total. The molecule has 0 saturated heterocycles. The van der Waals surface area contributed by atoms with Crippen molar-refractivity contribution in [2.75, 3.05) is 5.32 Å². The van der Waals surface area contributed by atoms with Crippen molar-refractivity contribution >= 4 is 22.8 Å². The third kappa shape index (κ3) is 4.25. The van der Waals surface area contributed by atoms with E-state index in [2.05, 4.69) is 51.5 Å². The molecule has 1 aliphatic carbocycles. The molecule has 1 saturated carbocycles. The maximum Gasteiger partial charge on any atom is 0.225 e. The van der Waals surface area contributed by atoms with Gasteiger partial charge in [-0.3, -0.25) is 4.79 Å². The van der Waals surface area contributed by atoms with E-state index in [1.807, 2.05) is 23.7 Å². The Labute approximate surface area is 193 Å². The number of nitrogens with zero attached hydrogens (tertiary/aromatic N) is 6. The topological polar surface area (TPSA) is 90.5 Å². The van der Waals surface area contributed by atoms with Crippen molar-refractivity contribution in [2.24, 2.45) is 5.92 Å². The van der Waals surface area contributed by atoms with E-state index < -0.39 is 0 Å². The Morgan fingerprint density at radius 2 is 1.85 bits per heavy atom. The van der Waals surface area contributed by atoms with Crippen molar-refractivity contribution in [1.29, 1.82) is 0 Å². The summed E-state index contributed by atoms with van der Waals surface area (Å²) < 4.78 is 3.50. The number of fused-ring (bicyclic) bond motifs is 1. The van der Waals surface area contributed by atoms with Gasteiger partial charge in [0.1, 0.15) is 12.1 Å². The lowest BCUT2D eigenvalue weighted by molar-refractivity contribution is -0.117. The molecule has 170 valence electrons. The van der Waals surface area contributed by atoms with Gasteiger partial charge in [-0.05, 0) is 62.8 Å². The maximum atomic E-state index is 12.8. The molecule has 1 fully saturated rings. The first-order chi connectivity index (χ1) is 16.0. The van der Waals surface area contributed by atoms with Gasteiger partial charge in [0, 0.05) is 12.5 Å². The predicted octanol–water partition coefficient (Wildman–Crippen LogP) is 4.84. The summed E-state index contributed by atoms with van der Waals surface area (Å²) in [6, 6.07) is 8.08. The number of carbonyl (C=O) groups excluding carboxylic acids is 1. The zero-order chi connectivity index (χ0) is 22.9. The van der Waals surface area contributed by atoms with E-state index in [0.29, 0.717) is 29.6 Å². The second-order valence-corrected chi connectivity index (χ2v) is 9.10. The summed E-state index contributed by atoms with van der Waals surface area (Å²) in [5.41, 5.74) is 4.85. The van der Waals surface area contributed by atoms with Gasteiger partial charge in [-0.25, -0.2) is 14.6 Å². The van der Waals surface area contributed by atoms with E-state index in [1.54, 1.807) is 10.9 Å². The Morgan fingerprint density at radius 1 is 1.03 bits per heavy atom. The number of carbonyl (C=O) groups is 1. The standard InChI is InChI=1S/C25H29N7O/c1-16-9-10-20(11-17(16)2)31-24-21(14-28-31)25(27-15-26-24)32-22(12-18(3)30-32)29-23(33)13-19-7-5-4-6-8-19/h9-12,14-15,19H,4-8,13H2,1-3H3,(H,29,33). The molecule has 1 aliphatic rings. The molecule has 1 aromatic carbocycles. The van der Waals surface area contributed by atoms with Crippen LogP contribution in [0, 0.1) is 26.7 Å². The molecule has 1 amide bonds. The average Bonchev–Trinajstić information content (AvgIpc) is 3.39. The quantitative estimate of drug-likeness (QED) is 0.477. The van der Waals surface area contributed by atoms with Gasteiger partial charge in [0.2, 0.25) is 5.91 Å². The monoisotopic (exact) mass is 443 g/mol. The van der Waals surface area contributed by atoms with E-state index in [4.69, 9.17) is 0 Å². The van der Waals surface area contributed by atoms with Crippen LogP contribution in [-0.4, -0.2) is 35.4 Å². The van der Waals surface area contributed by atoms with E-state index in [1.165, 1.54) is 36.7 Å². The van der Waals surface area contributed by atoms with Crippen LogP contribution in [0.3, 0.4) is 0 Å². The molecule has 0 unspecified atom stereocenters. The number of anilines is 1. The van der Waals surface area contributed by atoms with Gasteiger partial charge < -0.3 is 5.32 Å². The molecule has 4 aromatic rings. The van der Waals surface area contributed by atoms with Gasteiger partial charge in [0.05, 0.1) is 23.0 Å². The number of hydrogen-bond donors (Lipinski definition) is 1. The van der Waals surface area contributed by atoms with Crippen LogP contribution in [0.4, 0.5) is 5.82 Å². The number of aromatic nitrogens is 6. The van der Waals surface area contributed by atoms with Gasteiger partial charge in [-0.2, -0.15) is 14.9 Å². The third-order valence-corrected chi connectivity index (χ3v) is 6.58. The number of benzene rings is 1. The van der Waals surface area contributed by atoms with Crippen LogP contribution < -0.4 is 5.32 Å². The molecule has 33 heavy (non-hydrogen) atoms. The number of amides is 1. The van der Waals surface area contributed by atoms with Gasteiger partial charge in [0.25, 0.3) is 0 Å². The Bertz CT molecular complexity index is 1310. The van der Waals surface area contributed by atoms with Crippen molar-refractivity contribution in [2.45, 2.75) is 59.3 Å². The van der Waals surface area contributed by atoms with Crippen molar-refractivity contribution in [3.05, 3.63) is 53.6 Å². The van der Waals surface area contributed by atoms with Crippen LogP contribution in [-0.2, 0) is 4.79 Å². The molecular formula is C25H29N7O. The highest BCUT2D eigenvalue weighted by Crippen LogP contribution is 2.28. The van der Waals surface area contributed by atoms with Gasteiger partial charge in [0.15, 0.2) is 11.5 Å². The minimum atomic E-state index is 0.0270. The lowest BCUT2D eigenvalue weighted by atomic mass is 9.87. The summed E-state index contributed by atoms with van der Waals surface area (Å²) >= 11 is 0. The SMILES string of the molecule is Cc1cc(NC(=O)CC2CCCCC2)n(-c2ncnc3c2cnn3-c2ccc(C)c(C)c2)n1. The molecular weight excluding hydrogens is 414 g/mol. The lowest BCUT2D eigenvalue weighted by Crippen LogP contribution is -2.20. The highest BCUT2D eigenvalue weighted by molar-refractivity contribution is 5.91. The smallest absolute Gasteiger partial charge is 0.225 e. The Balaban J connectivity index is 1.48. The summed E-state index contributed by atoms with van der Waals surface area (Å²) in [6.45, 7) is 6.08. The summed E-state index contributed by atoms with van der Waals surface area (Å²) in [5.74, 6) is 1.71. The number of rotatable bonds is 5. The Kier molecular flexibility index (Phi) is 5.66. The van der Waals surface area contributed by atoms with Crippen molar-refractivity contribution in [3.63, 3.8) is 0 Å². The molecule has 0 aliphatic heterocycles. The fourth-order valence-electron chi connectivity index (χ4n) is 4.64. The second-order valence-electron chi connectivity index (χ2n) is 9.10. The number of nitrogens with one attached hydrogen (secondary N) is 1. The summed E-state index contributed by atoms with van der Waals surface area (Å²) in [4.78, 5) is 21.8. The van der Waals surface area contributed by atoms with Gasteiger partial charge >= 0.3 is 0 Å². The minimum Gasteiger partial charge on any atom is -0.311 e. The Hall–Kier alpha value is -3.55. The Morgan fingerprint density at radius 3 is 2.64 bits per heavy atom. The molecule has 0 bridgehead atoms. The zero-order valence-electron chi connectivity index (χ0n) is 19.4. The molecule has 5 rings (SSSR count). The largest absolute Gasteiger partial charge is 0.311 e. The first-order valence-corrected chi connectivity index (χ1v) is 11.6. The summed E-state index contributed by atoms with van der Waals surface area (Å²) in [5, 5.41) is 13.0. The second kappa shape index (κ2) is 8.77. The summed E-state index contributed by atoms with van der Waals surface area (Å²) in [7, 11) is 0. The summed E-state index contributed by atoms with van der Waals surface area (Å²) in [6.07, 6.45) is 9.81. The van der Waals surface area contributed by atoms with Crippen LogP contribution in [0.1, 0.15) is 55.3 Å². The van der Waals surface area contributed by atoms with Crippen LogP contribution in [0.25, 0.3) is 22.5 Å². The minimum absolute atomic E-state index is 0.0270. The van der Waals surface area contributed by atoms with Crippen LogP contribution >= 0.6 is 0 Å². The molecule has 3 aromatic heterocycles. The average molecular weight is 444 g/mol. The van der Waals surface area contributed by atoms with Crippen molar-refractivity contribution in [1.82, 2.24) is 29.5 Å². The molecule has 8 nitrogen and oxygen atoms in total. The molecule has 0 atom stereocenters. The van der Waals surface area contributed by atoms with Crippen LogP contribution in [0.2, 0.25) is 0 Å². The molecule has 0 spiro atoms. The van der Waals surface area contributed by atoms with Crippen molar-refractivity contribution in [3.8, 4) is 11.5 Å². The van der Waals surface area contributed by atoms with E-state index in [-0.39, 0.29) is 5.91 Å². The fraction of sp³-hybridized carbons (Fsp3) is 0.400. The molecule has 3 heterocycles. The van der Waals surface area contributed by atoms with Gasteiger partial charge in [-0.1, -0.05) is 25.3 Å². The highest BCUT2D eigenvalue weighted by Gasteiger charge is 2.20. The normalized spacial score (nSPS) is 14.6. The van der Waals surface area contributed by atoms with Crippen molar-refractivity contribution < 1.29 is 4.79 Å². The number of aryl methyl sites for hydroxylation is 3. The fourth-order valence-corrected chi connectivity index (χ4v) is 4.64. The van der Waals surface area contributed by atoms with Crippen LogP contribution in [0.15, 0.2) is 36.8 Å². The van der Waals surface area contributed by atoms with E-state index >= 15 is 0 Å². The van der Waals surface area contributed by atoms with E-state index in [0.717, 1.165) is 29.6 Å². The first kappa shape index (κ1) is 21.3. The van der Waals surface area contributed by atoms with Gasteiger partial charge in [-0.15, -0.1) is 0 Å². The first-order valence-electron chi connectivity index (χ1n) is 11.6. The third-order valence-electron chi connectivity index (χ3n) is 6.58. The zero-order valence-corrected chi connectivity index (χ0v) is 19.4. The predicted molar refractivity (Wildman–Crippen MR) is 128 cm³/mol. The van der Waals surface area contributed by atoms with E-state index in [9.17, 15) is 4.79 Å². The highest BCUT2D eigenvalue weighted by atomic mass is 16.1. The number of hydrogen-bond acceptors (Lipinski definition) is 5. The molecule has 8 heteroatoms. The lowest BCUT2D eigenvalue weighted by Gasteiger charge is -2.20.